The zero-order valence-electron chi connectivity index (χ0n) is 8.80. The van der Waals surface area contributed by atoms with Gasteiger partial charge in [0.2, 0.25) is 0 Å². The Hall–Kier alpha value is -0.570. The van der Waals surface area contributed by atoms with E-state index in [1.807, 2.05) is 0 Å². The quantitative estimate of drug-likeness (QED) is 0.650. The number of hydrogen-bond acceptors (Lipinski definition) is 2. The second-order valence-electron chi connectivity index (χ2n) is 4.46. The van der Waals surface area contributed by atoms with Gasteiger partial charge in [0.25, 0.3) is 0 Å². The molecule has 0 saturated carbocycles. The van der Waals surface area contributed by atoms with Gasteiger partial charge in [0.1, 0.15) is 0 Å². The van der Waals surface area contributed by atoms with Crippen molar-refractivity contribution in [2.75, 3.05) is 13.2 Å². The lowest BCUT2D eigenvalue weighted by Gasteiger charge is -2.17. The average molecular weight is 188 g/mol. The van der Waals surface area contributed by atoms with E-state index in [1.54, 1.807) is 0 Å². The van der Waals surface area contributed by atoms with E-state index in [4.69, 9.17) is 9.84 Å². The van der Waals surface area contributed by atoms with E-state index < -0.39 is 5.97 Å². The third kappa shape index (κ3) is 11.4. The van der Waals surface area contributed by atoms with E-state index in [-0.39, 0.29) is 11.8 Å². The summed E-state index contributed by atoms with van der Waals surface area (Å²) in [5.74, 6) is -0.726. The van der Waals surface area contributed by atoms with Gasteiger partial charge in [0.15, 0.2) is 0 Å². The van der Waals surface area contributed by atoms with E-state index in [9.17, 15) is 4.79 Å². The third-order valence-electron chi connectivity index (χ3n) is 1.46. The van der Waals surface area contributed by atoms with E-state index in [2.05, 4.69) is 20.8 Å². The number of unbranched alkanes of at least 4 members (excludes halogenated alkanes) is 1. The van der Waals surface area contributed by atoms with Crippen molar-refractivity contribution < 1.29 is 14.6 Å². The Balaban J connectivity index is 3.13. The summed E-state index contributed by atoms with van der Waals surface area (Å²) >= 11 is 0. The van der Waals surface area contributed by atoms with E-state index in [0.29, 0.717) is 13.0 Å². The summed E-state index contributed by atoms with van der Waals surface area (Å²) in [6, 6.07) is 0. The molecule has 3 nitrogen and oxygen atoms in total. The number of ether oxygens (including phenoxy) is 1. The fraction of sp³-hybridized carbons (Fsp3) is 0.900. The minimum absolute atomic E-state index is 0.201. The Morgan fingerprint density at radius 1 is 1.31 bits per heavy atom. The predicted molar refractivity (Wildman–Crippen MR) is 51.8 cm³/mol. The second kappa shape index (κ2) is 5.97. The predicted octanol–water partition coefficient (Wildman–Crippen LogP) is 2.30. The normalized spacial score (nSPS) is 11.6. The molecule has 0 amide bonds. The van der Waals surface area contributed by atoms with Gasteiger partial charge >= 0.3 is 5.97 Å². The minimum atomic E-state index is -0.726. The molecule has 0 aliphatic rings. The van der Waals surface area contributed by atoms with Crippen LogP contribution < -0.4 is 0 Å². The number of aliphatic carboxylic acids is 1. The molecule has 0 aliphatic heterocycles. The average Bonchev–Trinajstić information content (AvgIpc) is 1.93. The largest absolute Gasteiger partial charge is 0.481 e. The topological polar surface area (TPSA) is 46.5 Å². The Morgan fingerprint density at radius 3 is 2.38 bits per heavy atom. The molecule has 0 saturated heterocycles. The van der Waals surface area contributed by atoms with Gasteiger partial charge < -0.3 is 9.84 Å². The number of rotatable bonds is 6. The van der Waals surface area contributed by atoms with Gasteiger partial charge in [-0.1, -0.05) is 20.8 Å². The first-order chi connectivity index (χ1) is 5.92. The van der Waals surface area contributed by atoms with Crippen molar-refractivity contribution in [2.45, 2.75) is 40.0 Å². The molecule has 0 aliphatic carbocycles. The molecule has 1 N–H and O–H groups in total. The summed E-state index contributed by atoms with van der Waals surface area (Å²) in [4.78, 5) is 10.2. The highest BCUT2D eigenvalue weighted by molar-refractivity contribution is 5.66. The molecule has 13 heavy (non-hydrogen) atoms. The lowest BCUT2D eigenvalue weighted by molar-refractivity contribution is -0.137. The fourth-order valence-corrected chi connectivity index (χ4v) is 0.859. The van der Waals surface area contributed by atoms with Crippen molar-refractivity contribution in [1.29, 1.82) is 0 Å². The van der Waals surface area contributed by atoms with E-state index in [1.165, 1.54) is 0 Å². The van der Waals surface area contributed by atoms with Crippen molar-refractivity contribution >= 4 is 5.97 Å². The Labute approximate surface area is 80.1 Å². The highest BCUT2D eigenvalue weighted by atomic mass is 16.5. The minimum Gasteiger partial charge on any atom is -0.481 e. The standard InChI is InChI=1S/C10H20O3/c1-10(2,3)8-13-7-5-4-6-9(11)12/h4-8H2,1-3H3,(H,11,12). The molecule has 0 rings (SSSR count). The van der Waals surface area contributed by atoms with Crippen molar-refractivity contribution in [3.05, 3.63) is 0 Å². The molecule has 78 valence electrons. The van der Waals surface area contributed by atoms with Crippen LogP contribution in [0.5, 0.6) is 0 Å². The van der Waals surface area contributed by atoms with Crippen LogP contribution in [0.15, 0.2) is 0 Å². The SMILES string of the molecule is CC(C)(C)COCCCCC(=O)O. The van der Waals surface area contributed by atoms with Gasteiger partial charge in [0, 0.05) is 13.0 Å². The molecule has 0 aromatic rings. The van der Waals surface area contributed by atoms with Crippen molar-refractivity contribution in [2.24, 2.45) is 5.41 Å². The summed E-state index contributed by atoms with van der Waals surface area (Å²) in [6.45, 7) is 7.75. The molecule has 0 unspecified atom stereocenters. The van der Waals surface area contributed by atoms with Crippen molar-refractivity contribution in [3.63, 3.8) is 0 Å². The maximum atomic E-state index is 10.2. The molecule has 0 heterocycles. The van der Waals surface area contributed by atoms with Gasteiger partial charge in [-0.2, -0.15) is 0 Å². The van der Waals surface area contributed by atoms with Gasteiger partial charge in [-0.25, -0.2) is 0 Å². The molecule has 0 bridgehead atoms. The van der Waals surface area contributed by atoms with Gasteiger partial charge in [0.05, 0.1) is 6.61 Å². The number of carboxylic acid groups (broad SMARTS) is 1. The van der Waals surface area contributed by atoms with Gasteiger partial charge in [-0.3, -0.25) is 4.79 Å². The first-order valence-electron chi connectivity index (χ1n) is 4.71. The smallest absolute Gasteiger partial charge is 0.303 e. The van der Waals surface area contributed by atoms with E-state index >= 15 is 0 Å². The highest BCUT2D eigenvalue weighted by Gasteiger charge is 2.09. The zero-order valence-corrected chi connectivity index (χ0v) is 8.80. The monoisotopic (exact) mass is 188 g/mol. The van der Waals surface area contributed by atoms with Crippen LogP contribution in [-0.4, -0.2) is 24.3 Å². The summed E-state index contributed by atoms with van der Waals surface area (Å²) in [7, 11) is 0. The molecule has 0 atom stereocenters. The Morgan fingerprint density at radius 2 is 1.92 bits per heavy atom. The van der Waals surface area contributed by atoms with E-state index in [0.717, 1.165) is 13.0 Å². The van der Waals surface area contributed by atoms with Crippen LogP contribution in [0.4, 0.5) is 0 Å². The van der Waals surface area contributed by atoms with Crippen LogP contribution in [0.3, 0.4) is 0 Å². The maximum absolute atomic E-state index is 10.2. The van der Waals surface area contributed by atoms with Crippen LogP contribution in [0.1, 0.15) is 40.0 Å². The zero-order chi connectivity index (χ0) is 10.3. The number of carboxylic acids is 1. The van der Waals surface area contributed by atoms with Crippen molar-refractivity contribution in [3.8, 4) is 0 Å². The summed E-state index contributed by atoms with van der Waals surface area (Å²) in [5.41, 5.74) is 0.201. The van der Waals surface area contributed by atoms with Crippen LogP contribution >= 0.6 is 0 Å². The third-order valence-corrected chi connectivity index (χ3v) is 1.46. The molecule has 0 spiro atoms. The molecule has 0 radical (unpaired) electrons. The molecular weight excluding hydrogens is 168 g/mol. The molecule has 3 heteroatoms. The van der Waals surface area contributed by atoms with Crippen LogP contribution in [0, 0.1) is 5.41 Å². The summed E-state index contributed by atoms with van der Waals surface area (Å²) in [5, 5.41) is 8.36. The van der Waals surface area contributed by atoms with Crippen molar-refractivity contribution in [1.82, 2.24) is 0 Å². The number of carbonyl (C=O) groups is 1. The molecule has 0 aromatic carbocycles. The van der Waals surface area contributed by atoms with Gasteiger partial charge in [-0.05, 0) is 18.3 Å². The second-order valence-corrected chi connectivity index (χ2v) is 4.46. The fourth-order valence-electron chi connectivity index (χ4n) is 0.859. The Bertz CT molecular complexity index is 147. The Kier molecular flexibility index (Phi) is 5.71. The molecular formula is C10H20O3. The first-order valence-corrected chi connectivity index (χ1v) is 4.71. The number of hydrogen-bond donors (Lipinski definition) is 1. The summed E-state index contributed by atoms with van der Waals surface area (Å²) in [6.07, 6.45) is 1.79. The van der Waals surface area contributed by atoms with Crippen LogP contribution in [0.2, 0.25) is 0 Å². The van der Waals surface area contributed by atoms with Crippen LogP contribution in [0.25, 0.3) is 0 Å². The first kappa shape index (κ1) is 12.4. The lowest BCUT2D eigenvalue weighted by Crippen LogP contribution is -2.15. The highest BCUT2D eigenvalue weighted by Crippen LogP contribution is 2.12. The molecule has 0 aromatic heterocycles. The van der Waals surface area contributed by atoms with Gasteiger partial charge in [-0.15, -0.1) is 0 Å². The summed E-state index contributed by atoms with van der Waals surface area (Å²) < 4.78 is 5.39. The maximum Gasteiger partial charge on any atom is 0.303 e. The molecule has 0 fully saturated rings. The lowest BCUT2D eigenvalue weighted by atomic mass is 9.99. The van der Waals surface area contributed by atoms with Crippen LogP contribution in [-0.2, 0) is 9.53 Å².